The van der Waals surface area contributed by atoms with Crippen LogP contribution in [0.4, 0.5) is 4.79 Å². The number of rotatable bonds is 7. The van der Waals surface area contributed by atoms with Gasteiger partial charge in [-0.2, -0.15) is 0 Å². The predicted molar refractivity (Wildman–Crippen MR) is 62.0 cm³/mol. The van der Waals surface area contributed by atoms with Crippen LogP contribution >= 0.6 is 0 Å². The average molecular weight is 216 g/mol. The second-order valence-electron chi connectivity index (χ2n) is 3.69. The fourth-order valence-corrected chi connectivity index (χ4v) is 1.54. The molecule has 1 unspecified atom stereocenters. The van der Waals surface area contributed by atoms with Crippen molar-refractivity contribution in [1.29, 1.82) is 0 Å². The predicted octanol–water partition coefficient (Wildman–Crippen LogP) is 1.85. The summed E-state index contributed by atoms with van der Waals surface area (Å²) in [4.78, 5) is 13.1. The van der Waals surface area contributed by atoms with Crippen LogP contribution in [0.3, 0.4) is 0 Å². The van der Waals surface area contributed by atoms with E-state index in [0.717, 1.165) is 25.8 Å². The molecule has 1 N–H and O–H groups in total. The summed E-state index contributed by atoms with van der Waals surface area (Å²) in [6.45, 7) is 5.84. The lowest BCUT2D eigenvalue weighted by atomic mass is 10.1. The van der Waals surface area contributed by atoms with Crippen LogP contribution in [0.5, 0.6) is 0 Å². The summed E-state index contributed by atoms with van der Waals surface area (Å²) in [5, 5.41) is 2.44. The smallest absolute Gasteiger partial charge is 0.406 e. The van der Waals surface area contributed by atoms with Gasteiger partial charge in [0.15, 0.2) is 0 Å². The molecule has 1 amide bonds. The quantitative estimate of drug-likeness (QED) is 0.706. The van der Waals surface area contributed by atoms with Crippen LogP contribution in [0.2, 0.25) is 0 Å². The van der Waals surface area contributed by atoms with E-state index in [9.17, 15) is 4.79 Å². The van der Waals surface area contributed by atoms with Crippen LogP contribution in [-0.4, -0.2) is 44.3 Å². The van der Waals surface area contributed by atoms with Crippen LogP contribution in [0.25, 0.3) is 0 Å². The maximum atomic E-state index is 10.8. The zero-order chi connectivity index (χ0) is 11.7. The summed E-state index contributed by atoms with van der Waals surface area (Å²) in [6.07, 6.45) is 2.88. The summed E-state index contributed by atoms with van der Waals surface area (Å²) in [5.74, 6) is 0. The van der Waals surface area contributed by atoms with E-state index in [1.165, 1.54) is 0 Å². The van der Waals surface area contributed by atoms with Crippen molar-refractivity contribution in [2.75, 3.05) is 27.2 Å². The second-order valence-corrected chi connectivity index (χ2v) is 3.69. The molecule has 0 aromatic heterocycles. The summed E-state index contributed by atoms with van der Waals surface area (Å²) in [7, 11) is 3.68. The van der Waals surface area contributed by atoms with E-state index in [0.29, 0.717) is 12.6 Å². The minimum atomic E-state index is -0.343. The number of hydrogen-bond acceptors (Lipinski definition) is 3. The van der Waals surface area contributed by atoms with Crippen molar-refractivity contribution in [2.45, 2.75) is 39.2 Å². The first kappa shape index (κ1) is 14.2. The molecular weight excluding hydrogens is 192 g/mol. The average Bonchev–Trinajstić information content (AvgIpc) is 2.26. The molecule has 0 aromatic rings. The van der Waals surface area contributed by atoms with Gasteiger partial charge in [0, 0.05) is 13.1 Å². The number of carbonyl (C=O) groups excluding carboxylic acids is 1. The Morgan fingerprint density at radius 1 is 1.40 bits per heavy atom. The van der Waals surface area contributed by atoms with Crippen LogP contribution in [0.1, 0.15) is 33.1 Å². The monoisotopic (exact) mass is 216 g/mol. The normalized spacial score (nSPS) is 12.6. The largest absolute Gasteiger partial charge is 0.450 e. The van der Waals surface area contributed by atoms with E-state index in [-0.39, 0.29) is 6.09 Å². The molecule has 0 fully saturated rings. The third-order valence-electron chi connectivity index (χ3n) is 2.63. The summed E-state index contributed by atoms with van der Waals surface area (Å²) >= 11 is 0. The molecular formula is C11H24N2O2. The Hall–Kier alpha value is -0.770. The fraction of sp³-hybridized carbons (Fsp3) is 0.909. The van der Waals surface area contributed by atoms with Gasteiger partial charge in [-0.3, -0.25) is 0 Å². The van der Waals surface area contributed by atoms with Crippen molar-refractivity contribution in [1.82, 2.24) is 10.2 Å². The topological polar surface area (TPSA) is 41.6 Å². The Bertz CT molecular complexity index is 174. The number of amides is 1. The third kappa shape index (κ3) is 6.33. The Kier molecular flexibility index (Phi) is 8.09. The number of carbonyl (C=O) groups is 1. The fourth-order valence-electron chi connectivity index (χ4n) is 1.54. The van der Waals surface area contributed by atoms with E-state index in [1.807, 2.05) is 0 Å². The molecule has 0 aliphatic heterocycles. The number of nitrogens with zero attached hydrogens (tertiary/aromatic N) is 1. The van der Waals surface area contributed by atoms with E-state index < -0.39 is 0 Å². The zero-order valence-electron chi connectivity index (χ0n) is 10.4. The van der Waals surface area contributed by atoms with Crippen LogP contribution in [0, 0.1) is 0 Å². The lowest BCUT2D eigenvalue weighted by Gasteiger charge is -2.26. The molecule has 0 radical (unpaired) electrons. The maximum Gasteiger partial charge on any atom is 0.406 e. The standard InChI is InChI=1S/C11H24N2O2/c1-5-7-10(13(4)6-2)8-9-15-11(14)12-3/h10H,5-9H2,1-4H3,(H,12,14). The molecule has 0 aromatic carbocycles. The van der Waals surface area contributed by atoms with Crippen molar-refractivity contribution in [2.24, 2.45) is 0 Å². The van der Waals surface area contributed by atoms with Gasteiger partial charge in [0.05, 0.1) is 6.61 Å². The van der Waals surface area contributed by atoms with Gasteiger partial charge in [0.1, 0.15) is 0 Å². The lowest BCUT2D eigenvalue weighted by molar-refractivity contribution is 0.127. The van der Waals surface area contributed by atoms with Crippen molar-refractivity contribution >= 4 is 6.09 Å². The lowest BCUT2D eigenvalue weighted by Crippen LogP contribution is -2.33. The highest BCUT2D eigenvalue weighted by molar-refractivity contribution is 5.66. The first-order valence-electron chi connectivity index (χ1n) is 5.70. The molecule has 4 nitrogen and oxygen atoms in total. The summed E-state index contributed by atoms with van der Waals surface area (Å²) in [5.41, 5.74) is 0. The molecule has 0 bridgehead atoms. The number of nitrogens with one attached hydrogen (secondary N) is 1. The Morgan fingerprint density at radius 3 is 2.53 bits per heavy atom. The van der Waals surface area contributed by atoms with Gasteiger partial charge in [-0.1, -0.05) is 20.3 Å². The Balaban J connectivity index is 3.80. The highest BCUT2D eigenvalue weighted by Gasteiger charge is 2.12. The molecule has 0 saturated heterocycles. The minimum absolute atomic E-state index is 0.343. The SMILES string of the molecule is CCCC(CCOC(=O)NC)N(C)CC. The number of hydrogen-bond donors (Lipinski definition) is 1. The highest BCUT2D eigenvalue weighted by Crippen LogP contribution is 2.09. The van der Waals surface area contributed by atoms with E-state index in [1.54, 1.807) is 7.05 Å². The molecule has 1 atom stereocenters. The van der Waals surface area contributed by atoms with Gasteiger partial charge in [0.25, 0.3) is 0 Å². The number of ether oxygens (including phenoxy) is 1. The molecule has 0 heterocycles. The van der Waals surface area contributed by atoms with Gasteiger partial charge in [-0.15, -0.1) is 0 Å². The molecule has 0 spiro atoms. The summed E-state index contributed by atoms with van der Waals surface area (Å²) in [6, 6.07) is 0.518. The molecule has 90 valence electrons. The second kappa shape index (κ2) is 8.53. The summed E-state index contributed by atoms with van der Waals surface area (Å²) < 4.78 is 4.99. The van der Waals surface area contributed by atoms with E-state index in [4.69, 9.17) is 4.74 Å². The van der Waals surface area contributed by atoms with Crippen LogP contribution in [-0.2, 0) is 4.74 Å². The van der Waals surface area contributed by atoms with Gasteiger partial charge >= 0.3 is 6.09 Å². The molecule has 15 heavy (non-hydrogen) atoms. The first-order valence-corrected chi connectivity index (χ1v) is 5.70. The maximum absolute atomic E-state index is 10.8. The van der Waals surface area contributed by atoms with Crippen LogP contribution < -0.4 is 5.32 Å². The molecule has 0 aliphatic carbocycles. The van der Waals surface area contributed by atoms with Crippen molar-refractivity contribution in [3.05, 3.63) is 0 Å². The zero-order valence-corrected chi connectivity index (χ0v) is 10.4. The molecule has 0 rings (SSSR count). The van der Waals surface area contributed by atoms with Gasteiger partial charge in [-0.05, 0) is 26.4 Å². The Morgan fingerprint density at radius 2 is 2.07 bits per heavy atom. The van der Waals surface area contributed by atoms with Crippen molar-refractivity contribution < 1.29 is 9.53 Å². The van der Waals surface area contributed by atoms with Gasteiger partial charge in [0.2, 0.25) is 0 Å². The van der Waals surface area contributed by atoms with Gasteiger partial charge in [-0.25, -0.2) is 4.79 Å². The first-order chi connectivity index (χ1) is 7.15. The highest BCUT2D eigenvalue weighted by atomic mass is 16.5. The Labute approximate surface area is 93.0 Å². The van der Waals surface area contributed by atoms with Crippen molar-refractivity contribution in [3.63, 3.8) is 0 Å². The number of alkyl carbamates (subject to hydrolysis) is 1. The molecule has 4 heteroatoms. The molecule has 0 saturated carbocycles. The van der Waals surface area contributed by atoms with E-state index >= 15 is 0 Å². The van der Waals surface area contributed by atoms with E-state index in [2.05, 4.69) is 31.1 Å². The van der Waals surface area contributed by atoms with Crippen LogP contribution in [0.15, 0.2) is 0 Å². The molecule has 0 aliphatic rings. The van der Waals surface area contributed by atoms with Gasteiger partial charge < -0.3 is 15.0 Å². The minimum Gasteiger partial charge on any atom is -0.450 e. The third-order valence-corrected chi connectivity index (χ3v) is 2.63. The van der Waals surface area contributed by atoms with Crippen molar-refractivity contribution in [3.8, 4) is 0 Å².